The molecule has 6 nitrogen and oxygen atoms in total. The Labute approximate surface area is 138 Å². The molecule has 1 aliphatic heterocycles. The van der Waals surface area contributed by atoms with Crippen molar-refractivity contribution in [3.05, 3.63) is 0 Å². The lowest BCUT2D eigenvalue weighted by atomic mass is 10.0. The second-order valence-corrected chi connectivity index (χ2v) is 7.35. The molecule has 0 aromatic carbocycles. The summed E-state index contributed by atoms with van der Waals surface area (Å²) in [7, 11) is 0. The monoisotopic (exact) mass is 326 g/mol. The Kier molecular flexibility index (Phi) is 7.19. The first-order valence-corrected chi connectivity index (χ1v) is 8.33. The van der Waals surface area contributed by atoms with Crippen LogP contribution >= 0.6 is 0 Å². The van der Waals surface area contributed by atoms with E-state index in [1.54, 1.807) is 0 Å². The van der Waals surface area contributed by atoms with Gasteiger partial charge in [0.25, 0.3) is 0 Å². The van der Waals surface area contributed by atoms with Crippen LogP contribution in [0.5, 0.6) is 0 Å². The van der Waals surface area contributed by atoms with E-state index in [0.717, 1.165) is 12.7 Å². The zero-order valence-electron chi connectivity index (χ0n) is 14.9. The minimum absolute atomic E-state index is 0.0562. The van der Waals surface area contributed by atoms with Crippen molar-refractivity contribution in [2.45, 2.75) is 59.1 Å². The third kappa shape index (κ3) is 6.69. The smallest absolute Gasteiger partial charge is 0.323 e. The molecule has 132 valence electrons. The van der Waals surface area contributed by atoms with Crippen LogP contribution in [0.4, 0.5) is 0 Å². The van der Waals surface area contributed by atoms with E-state index in [2.05, 4.69) is 12.2 Å². The maximum atomic E-state index is 12.4. The Balaban J connectivity index is 2.73. The Bertz CT molecular complexity index is 431. The number of rotatable bonds is 7. The summed E-state index contributed by atoms with van der Waals surface area (Å²) in [6.45, 7) is 10.9. The van der Waals surface area contributed by atoms with Crippen LogP contribution < -0.4 is 5.32 Å². The first-order valence-electron chi connectivity index (χ1n) is 8.33. The number of nitrogens with zero attached hydrogens (tertiary/aromatic N) is 1. The Morgan fingerprint density at radius 2 is 2.04 bits per heavy atom. The SMILES string of the molecule is CCC(CNC(C)=O)CN1CC(C=O)CC1C(=O)OC(C)(C)C. The number of esters is 1. The number of carbonyl (C=O) groups excluding carboxylic acids is 3. The van der Waals surface area contributed by atoms with Gasteiger partial charge < -0.3 is 14.8 Å². The summed E-state index contributed by atoms with van der Waals surface area (Å²) in [5.41, 5.74) is -0.539. The van der Waals surface area contributed by atoms with Crippen molar-refractivity contribution in [2.24, 2.45) is 11.8 Å². The highest BCUT2D eigenvalue weighted by Gasteiger charge is 2.39. The predicted octanol–water partition coefficient (Wildman–Crippen LogP) is 1.38. The van der Waals surface area contributed by atoms with Crippen LogP contribution in [0.2, 0.25) is 0 Å². The molecule has 6 heteroatoms. The lowest BCUT2D eigenvalue weighted by Crippen LogP contribution is -2.44. The molecule has 3 atom stereocenters. The molecule has 0 aromatic heterocycles. The summed E-state index contributed by atoms with van der Waals surface area (Å²) in [5, 5.41) is 2.83. The molecule has 1 saturated heterocycles. The fraction of sp³-hybridized carbons (Fsp3) is 0.824. The lowest BCUT2D eigenvalue weighted by Gasteiger charge is -2.29. The predicted molar refractivity (Wildman–Crippen MR) is 87.8 cm³/mol. The Hall–Kier alpha value is -1.43. The van der Waals surface area contributed by atoms with E-state index in [-0.39, 0.29) is 29.8 Å². The second-order valence-electron chi connectivity index (χ2n) is 7.35. The van der Waals surface area contributed by atoms with Crippen molar-refractivity contribution >= 4 is 18.2 Å². The second kappa shape index (κ2) is 8.43. The fourth-order valence-corrected chi connectivity index (χ4v) is 2.81. The molecule has 1 N–H and O–H groups in total. The largest absolute Gasteiger partial charge is 0.459 e. The Morgan fingerprint density at radius 3 is 2.52 bits per heavy atom. The molecule has 0 aromatic rings. The van der Waals surface area contributed by atoms with Gasteiger partial charge in [-0.25, -0.2) is 0 Å². The third-order valence-electron chi connectivity index (χ3n) is 4.02. The number of aldehydes is 1. The van der Waals surface area contributed by atoms with Crippen molar-refractivity contribution in [2.75, 3.05) is 19.6 Å². The van der Waals surface area contributed by atoms with Crippen LogP contribution in [-0.2, 0) is 19.1 Å². The number of ether oxygens (including phenoxy) is 1. The van der Waals surface area contributed by atoms with E-state index < -0.39 is 5.60 Å². The summed E-state index contributed by atoms with van der Waals surface area (Å²) < 4.78 is 5.49. The highest BCUT2D eigenvalue weighted by atomic mass is 16.6. The topological polar surface area (TPSA) is 75.7 Å². The van der Waals surface area contributed by atoms with Gasteiger partial charge in [0.2, 0.25) is 5.91 Å². The van der Waals surface area contributed by atoms with Crippen LogP contribution in [0.3, 0.4) is 0 Å². The van der Waals surface area contributed by atoms with Crippen molar-refractivity contribution in [1.82, 2.24) is 10.2 Å². The van der Waals surface area contributed by atoms with Gasteiger partial charge in [0.1, 0.15) is 17.9 Å². The summed E-state index contributed by atoms with van der Waals surface area (Å²) in [5.74, 6) is -0.212. The molecule has 1 fully saturated rings. The van der Waals surface area contributed by atoms with Gasteiger partial charge in [-0.3, -0.25) is 14.5 Å². The van der Waals surface area contributed by atoms with E-state index in [4.69, 9.17) is 4.74 Å². The summed E-state index contributed by atoms with van der Waals surface area (Å²) in [6, 6.07) is -0.379. The molecule has 0 bridgehead atoms. The van der Waals surface area contributed by atoms with E-state index in [0.29, 0.717) is 26.1 Å². The third-order valence-corrected chi connectivity index (χ3v) is 4.02. The molecular formula is C17H30N2O4. The lowest BCUT2D eigenvalue weighted by molar-refractivity contribution is -0.160. The van der Waals surface area contributed by atoms with Crippen LogP contribution in [-0.4, -0.2) is 54.3 Å². The molecule has 1 heterocycles. The van der Waals surface area contributed by atoms with Crippen LogP contribution in [0.25, 0.3) is 0 Å². The number of hydrogen-bond donors (Lipinski definition) is 1. The minimum Gasteiger partial charge on any atom is -0.459 e. The van der Waals surface area contributed by atoms with Crippen molar-refractivity contribution < 1.29 is 19.1 Å². The highest BCUT2D eigenvalue weighted by molar-refractivity contribution is 5.77. The van der Waals surface area contributed by atoms with Crippen molar-refractivity contribution in [3.63, 3.8) is 0 Å². The van der Waals surface area contributed by atoms with Gasteiger partial charge in [-0.15, -0.1) is 0 Å². The summed E-state index contributed by atoms with van der Waals surface area (Å²) >= 11 is 0. The molecule has 1 rings (SSSR count). The van der Waals surface area contributed by atoms with Gasteiger partial charge in [-0.2, -0.15) is 0 Å². The standard InChI is InChI=1S/C17H30N2O4/c1-6-13(8-18-12(2)21)9-19-10-14(11-20)7-15(19)16(22)23-17(3,4)5/h11,13-15H,6-10H2,1-5H3,(H,18,21). The van der Waals surface area contributed by atoms with Crippen LogP contribution in [0, 0.1) is 11.8 Å². The quantitative estimate of drug-likeness (QED) is 0.565. The molecule has 23 heavy (non-hydrogen) atoms. The van der Waals surface area contributed by atoms with Gasteiger partial charge in [0.05, 0.1) is 0 Å². The summed E-state index contributed by atoms with van der Waals surface area (Å²) in [4.78, 5) is 36.7. The van der Waals surface area contributed by atoms with Gasteiger partial charge >= 0.3 is 5.97 Å². The first kappa shape index (κ1) is 19.6. The van der Waals surface area contributed by atoms with Crippen molar-refractivity contribution in [1.29, 1.82) is 0 Å². The molecule has 3 unspecified atom stereocenters. The number of likely N-dealkylation sites (tertiary alicyclic amines) is 1. The molecule has 1 amide bonds. The van der Waals surface area contributed by atoms with Crippen LogP contribution in [0.15, 0.2) is 0 Å². The molecule has 0 radical (unpaired) electrons. The maximum absolute atomic E-state index is 12.4. The zero-order valence-corrected chi connectivity index (χ0v) is 14.9. The van der Waals surface area contributed by atoms with Gasteiger partial charge in [-0.1, -0.05) is 13.3 Å². The maximum Gasteiger partial charge on any atom is 0.323 e. The van der Waals surface area contributed by atoms with Gasteiger partial charge in [0, 0.05) is 32.5 Å². The number of amides is 1. The van der Waals surface area contributed by atoms with E-state index >= 15 is 0 Å². The molecule has 0 spiro atoms. The molecular weight excluding hydrogens is 296 g/mol. The first-order chi connectivity index (χ1) is 10.7. The van der Waals surface area contributed by atoms with Crippen molar-refractivity contribution in [3.8, 4) is 0 Å². The average Bonchev–Trinajstić information content (AvgIpc) is 2.84. The molecule has 1 aliphatic rings. The highest BCUT2D eigenvalue weighted by Crippen LogP contribution is 2.26. The van der Waals surface area contributed by atoms with Gasteiger partial charge in [0.15, 0.2) is 0 Å². The zero-order chi connectivity index (χ0) is 17.6. The minimum atomic E-state index is -0.539. The number of carbonyl (C=O) groups is 3. The molecule has 0 aliphatic carbocycles. The summed E-state index contributed by atoms with van der Waals surface area (Å²) in [6.07, 6.45) is 2.32. The van der Waals surface area contributed by atoms with E-state index in [1.807, 2.05) is 25.7 Å². The van der Waals surface area contributed by atoms with Gasteiger partial charge in [-0.05, 0) is 33.1 Å². The average molecular weight is 326 g/mol. The van der Waals surface area contributed by atoms with E-state index in [1.165, 1.54) is 6.92 Å². The normalized spacial score (nSPS) is 23.3. The van der Waals surface area contributed by atoms with Crippen LogP contribution in [0.1, 0.15) is 47.5 Å². The number of hydrogen-bond acceptors (Lipinski definition) is 5. The Morgan fingerprint density at radius 1 is 1.39 bits per heavy atom. The fourth-order valence-electron chi connectivity index (χ4n) is 2.81. The number of nitrogens with one attached hydrogen (secondary N) is 1. The van der Waals surface area contributed by atoms with E-state index in [9.17, 15) is 14.4 Å². The molecule has 0 saturated carbocycles.